The van der Waals surface area contributed by atoms with Crippen molar-refractivity contribution in [1.29, 1.82) is 0 Å². The molecule has 3 heterocycles. The number of benzene rings is 1. The van der Waals surface area contributed by atoms with Gasteiger partial charge in [0, 0.05) is 23.6 Å². The summed E-state index contributed by atoms with van der Waals surface area (Å²) in [7, 11) is 0. The highest BCUT2D eigenvalue weighted by atomic mass is 32.1. The topological polar surface area (TPSA) is 72.7 Å². The van der Waals surface area contributed by atoms with Crippen LogP contribution in [0.4, 0.5) is 19.0 Å². The third kappa shape index (κ3) is 3.74. The molecule has 4 rings (SSSR count). The molecule has 0 spiro atoms. The van der Waals surface area contributed by atoms with Gasteiger partial charge in [0.05, 0.1) is 0 Å². The van der Waals surface area contributed by atoms with Crippen molar-refractivity contribution in [3.8, 4) is 17.1 Å². The molecule has 0 radical (unpaired) electrons. The fourth-order valence-corrected chi connectivity index (χ4v) is 3.92. The van der Waals surface area contributed by atoms with Gasteiger partial charge in [-0.2, -0.15) is 13.2 Å². The second-order valence-electron chi connectivity index (χ2n) is 5.78. The van der Waals surface area contributed by atoms with Gasteiger partial charge in [0.1, 0.15) is 4.70 Å². The molecule has 0 aliphatic heterocycles. The van der Waals surface area contributed by atoms with Crippen LogP contribution in [-0.2, 0) is 4.79 Å². The molecule has 3 aromatic heterocycles. The third-order valence-electron chi connectivity index (χ3n) is 3.85. The molecule has 0 fully saturated rings. The first-order valence-corrected chi connectivity index (χ1v) is 9.34. The maximum atomic E-state index is 12.8. The Kier molecular flexibility index (Phi) is 4.84. The number of fused-ring (bicyclic) bond motifs is 1. The molecular weight excluding hydrogens is 423 g/mol. The summed E-state index contributed by atoms with van der Waals surface area (Å²) in [5.41, 5.74) is 1.46. The zero-order valence-electron chi connectivity index (χ0n) is 14.3. The van der Waals surface area contributed by atoms with E-state index in [0.29, 0.717) is 15.2 Å². The predicted octanol–water partition coefficient (Wildman–Crippen LogP) is 4.77. The maximum absolute atomic E-state index is 12.8. The van der Waals surface area contributed by atoms with Crippen molar-refractivity contribution in [3.63, 3.8) is 0 Å². The van der Waals surface area contributed by atoms with Crippen molar-refractivity contribution >= 4 is 45.6 Å². The Morgan fingerprint density at radius 1 is 1.10 bits per heavy atom. The molecule has 0 aliphatic rings. The summed E-state index contributed by atoms with van der Waals surface area (Å²) in [6.07, 6.45) is -2.04. The van der Waals surface area contributed by atoms with Gasteiger partial charge in [0.2, 0.25) is 0 Å². The molecule has 0 aliphatic carbocycles. The lowest BCUT2D eigenvalue weighted by Gasteiger charge is -2.10. The molecule has 29 heavy (non-hydrogen) atoms. The number of aromatic nitrogens is 4. The number of nitrogens with one attached hydrogen (secondary N) is 1. The first kappa shape index (κ1) is 19.2. The van der Waals surface area contributed by atoms with E-state index in [4.69, 9.17) is 12.2 Å². The predicted molar refractivity (Wildman–Crippen MR) is 105 cm³/mol. The molecule has 0 unspecified atom stereocenters. The van der Waals surface area contributed by atoms with Crippen LogP contribution in [0.2, 0.25) is 0 Å². The number of rotatable bonds is 3. The number of anilines is 1. The second kappa shape index (κ2) is 7.33. The molecule has 146 valence electrons. The number of carbonyl (C=O) groups excluding carboxylic acids is 1. The smallest absolute Gasteiger partial charge is 0.301 e. The van der Waals surface area contributed by atoms with E-state index >= 15 is 0 Å². The largest absolute Gasteiger partial charge is 0.471 e. The van der Waals surface area contributed by atoms with Gasteiger partial charge in [-0.05, 0) is 36.5 Å². The highest BCUT2D eigenvalue weighted by molar-refractivity contribution is 7.73. The normalized spacial score (nSPS) is 11.6. The Bertz CT molecular complexity index is 1250. The number of nitrogens with zero attached hydrogens (tertiary/aromatic N) is 4. The van der Waals surface area contributed by atoms with E-state index in [0.717, 1.165) is 11.3 Å². The van der Waals surface area contributed by atoms with Gasteiger partial charge in [-0.25, -0.2) is 9.97 Å². The Morgan fingerprint density at radius 2 is 1.86 bits per heavy atom. The van der Waals surface area contributed by atoms with Crippen molar-refractivity contribution in [2.75, 3.05) is 5.32 Å². The average Bonchev–Trinajstić information content (AvgIpc) is 3.04. The zero-order chi connectivity index (χ0) is 20.6. The highest BCUT2D eigenvalue weighted by Gasteiger charge is 2.39. The van der Waals surface area contributed by atoms with Gasteiger partial charge in [-0.15, -0.1) is 0 Å². The van der Waals surface area contributed by atoms with Crippen molar-refractivity contribution < 1.29 is 18.0 Å². The molecular formula is C18H10F3N5OS2. The average molecular weight is 433 g/mol. The van der Waals surface area contributed by atoms with E-state index < -0.39 is 12.1 Å². The van der Waals surface area contributed by atoms with Crippen LogP contribution in [0.3, 0.4) is 0 Å². The molecule has 0 atom stereocenters. The maximum Gasteiger partial charge on any atom is 0.471 e. The monoisotopic (exact) mass is 433 g/mol. The summed E-state index contributed by atoms with van der Waals surface area (Å²) < 4.78 is 40.7. The first-order chi connectivity index (χ1) is 13.8. The molecule has 4 aromatic rings. The highest BCUT2D eigenvalue weighted by Crippen LogP contribution is 2.33. The number of amides is 1. The number of alkyl halides is 3. The van der Waals surface area contributed by atoms with Crippen molar-refractivity contribution in [3.05, 3.63) is 58.8 Å². The summed E-state index contributed by atoms with van der Waals surface area (Å²) in [6, 6.07) is 12.3. The van der Waals surface area contributed by atoms with Gasteiger partial charge in [0.15, 0.2) is 21.2 Å². The minimum Gasteiger partial charge on any atom is -0.301 e. The molecule has 0 saturated carbocycles. The molecule has 1 amide bonds. The molecule has 0 bridgehead atoms. The zero-order valence-corrected chi connectivity index (χ0v) is 16.0. The number of hydrogen-bond acceptors (Lipinski definition) is 6. The number of para-hydroxylation sites is 1. The molecule has 11 heteroatoms. The number of thiazole rings is 1. The van der Waals surface area contributed by atoms with E-state index in [2.05, 4.69) is 15.0 Å². The fourth-order valence-electron chi connectivity index (χ4n) is 2.60. The summed E-state index contributed by atoms with van der Waals surface area (Å²) in [6.45, 7) is 0. The lowest BCUT2D eigenvalue weighted by molar-refractivity contribution is -0.167. The number of hydrogen-bond donors (Lipinski definition) is 1. The van der Waals surface area contributed by atoms with Crippen LogP contribution in [0.25, 0.3) is 27.4 Å². The SMILES string of the molecule is O=C(Nc1nc(-c2cccnc2)nc2c1sc(=S)n2-c1ccccc1)C(F)(F)F. The number of halogens is 3. The molecule has 1 aromatic carbocycles. The van der Waals surface area contributed by atoms with E-state index in [1.54, 1.807) is 47.2 Å². The van der Waals surface area contributed by atoms with Gasteiger partial charge >= 0.3 is 12.1 Å². The second-order valence-corrected chi connectivity index (χ2v) is 7.43. The van der Waals surface area contributed by atoms with Gasteiger partial charge in [-0.1, -0.05) is 29.5 Å². The van der Waals surface area contributed by atoms with Crippen LogP contribution in [-0.4, -0.2) is 31.6 Å². The fraction of sp³-hybridized carbons (Fsp3) is 0.0556. The van der Waals surface area contributed by atoms with Crippen molar-refractivity contribution in [2.24, 2.45) is 0 Å². The Balaban J connectivity index is 1.99. The third-order valence-corrected chi connectivity index (χ3v) is 5.22. The standard InChI is InChI=1S/C18H10F3N5OS2/c19-18(20,21)16(27)25-14-12-15(24-13(23-14)10-5-4-8-22-9-10)26(17(28)29-12)11-6-2-1-3-7-11/h1-9H,(H,23,24,25,27). The summed E-state index contributed by atoms with van der Waals surface area (Å²) in [5.74, 6) is -2.28. The first-order valence-electron chi connectivity index (χ1n) is 8.12. The minimum atomic E-state index is -5.06. The number of pyridine rings is 1. The Hall–Kier alpha value is -3.18. The molecule has 0 saturated heterocycles. The molecule has 6 nitrogen and oxygen atoms in total. The summed E-state index contributed by atoms with van der Waals surface area (Å²) in [5, 5.41) is 1.84. The molecule has 1 N–H and O–H groups in total. The summed E-state index contributed by atoms with van der Waals surface area (Å²) in [4.78, 5) is 24.2. The van der Waals surface area contributed by atoms with Crippen molar-refractivity contribution in [2.45, 2.75) is 6.18 Å². The van der Waals surface area contributed by atoms with Gasteiger partial charge in [-0.3, -0.25) is 14.3 Å². The van der Waals surface area contributed by atoms with Crippen LogP contribution < -0.4 is 5.32 Å². The van der Waals surface area contributed by atoms with E-state index in [-0.39, 0.29) is 22.0 Å². The lowest BCUT2D eigenvalue weighted by atomic mass is 10.2. The van der Waals surface area contributed by atoms with Crippen LogP contribution in [0.15, 0.2) is 54.9 Å². The van der Waals surface area contributed by atoms with Crippen LogP contribution in [0, 0.1) is 3.95 Å². The Morgan fingerprint density at radius 3 is 2.52 bits per heavy atom. The lowest BCUT2D eigenvalue weighted by Crippen LogP contribution is -2.30. The number of carbonyl (C=O) groups is 1. The van der Waals surface area contributed by atoms with E-state index in [1.165, 1.54) is 6.20 Å². The van der Waals surface area contributed by atoms with Crippen molar-refractivity contribution in [1.82, 2.24) is 19.5 Å². The van der Waals surface area contributed by atoms with E-state index in [9.17, 15) is 18.0 Å². The Labute approximate surface area is 170 Å². The van der Waals surface area contributed by atoms with Crippen LogP contribution in [0.5, 0.6) is 0 Å². The minimum absolute atomic E-state index is 0.112. The summed E-state index contributed by atoms with van der Waals surface area (Å²) >= 11 is 6.42. The van der Waals surface area contributed by atoms with Gasteiger partial charge in [0.25, 0.3) is 0 Å². The van der Waals surface area contributed by atoms with Crippen LogP contribution in [0.1, 0.15) is 0 Å². The van der Waals surface area contributed by atoms with Crippen LogP contribution >= 0.6 is 23.6 Å². The quantitative estimate of drug-likeness (QED) is 0.471. The van der Waals surface area contributed by atoms with E-state index in [1.807, 2.05) is 11.4 Å². The van der Waals surface area contributed by atoms with Gasteiger partial charge < -0.3 is 5.32 Å².